The predicted molar refractivity (Wildman–Crippen MR) is 94.3 cm³/mol. The van der Waals surface area contributed by atoms with Crippen LogP contribution in [-0.2, 0) is 11.3 Å². The van der Waals surface area contributed by atoms with E-state index in [0.717, 1.165) is 11.3 Å². The van der Waals surface area contributed by atoms with Crippen molar-refractivity contribution in [2.45, 2.75) is 18.6 Å². The maximum Gasteiger partial charge on any atom is 0.184 e. The Balaban J connectivity index is 1.87. The third-order valence-electron chi connectivity index (χ3n) is 4.23. The van der Waals surface area contributed by atoms with Crippen molar-refractivity contribution in [3.05, 3.63) is 83.7 Å². The van der Waals surface area contributed by atoms with Crippen LogP contribution in [0.15, 0.2) is 66.8 Å². The number of rotatable bonds is 5. The normalized spacial score (nSPS) is 19.2. The van der Waals surface area contributed by atoms with Gasteiger partial charge in [-0.25, -0.2) is 4.39 Å². The lowest BCUT2D eigenvalue weighted by Crippen LogP contribution is -2.33. The summed E-state index contributed by atoms with van der Waals surface area (Å²) < 4.78 is 25.4. The number of benzene rings is 2. The van der Waals surface area contributed by atoms with E-state index in [1.165, 1.54) is 6.07 Å². The van der Waals surface area contributed by atoms with Gasteiger partial charge in [0.05, 0.1) is 13.7 Å². The van der Waals surface area contributed by atoms with Crippen LogP contribution in [0, 0.1) is 17.1 Å². The molecule has 25 heavy (non-hydrogen) atoms. The molecule has 0 bridgehead atoms. The van der Waals surface area contributed by atoms with Gasteiger partial charge in [-0.15, -0.1) is 0 Å². The van der Waals surface area contributed by atoms with E-state index < -0.39 is 5.60 Å². The number of halogens is 1. The summed E-state index contributed by atoms with van der Waals surface area (Å²) in [4.78, 5) is 0. The maximum atomic E-state index is 14.3. The van der Waals surface area contributed by atoms with Crippen LogP contribution in [0.1, 0.15) is 17.5 Å². The zero-order valence-electron chi connectivity index (χ0n) is 13.9. The van der Waals surface area contributed by atoms with Gasteiger partial charge in [0.1, 0.15) is 17.6 Å². The highest BCUT2D eigenvalue weighted by molar-refractivity contribution is 5.78. The molecule has 0 N–H and O–H groups in total. The van der Waals surface area contributed by atoms with Crippen molar-refractivity contribution >= 4 is 5.57 Å². The SMILES string of the molecule is COc1ccc(COC2(C#N)CC=CC=C2c2ccccc2F)cc1. The minimum absolute atomic E-state index is 0.247. The average Bonchev–Trinajstić information content (AvgIpc) is 2.67. The Morgan fingerprint density at radius 1 is 1.16 bits per heavy atom. The minimum atomic E-state index is -1.21. The molecule has 2 aromatic rings. The van der Waals surface area contributed by atoms with E-state index in [1.807, 2.05) is 36.4 Å². The summed E-state index contributed by atoms with van der Waals surface area (Å²) in [5, 5.41) is 9.83. The number of methoxy groups -OCH3 is 1. The molecule has 1 atom stereocenters. The molecular weight excluding hydrogens is 317 g/mol. The number of hydrogen-bond donors (Lipinski definition) is 0. The molecular formula is C21H18FNO2. The van der Waals surface area contributed by atoms with Crippen molar-refractivity contribution in [1.29, 1.82) is 5.26 Å². The van der Waals surface area contributed by atoms with Crippen LogP contribution in [0.5, 0.6) is 5.75 Å². The summed E-state index contributed by atoms with van der Waals surface area (Å²) in [6, 6.07) is 16.1. The highest BCUT2D eigenvalue weighted by Gasteiger charge is 2.37. The summed E-state index contributed by atoms with van der Waals surface area (Å²) in [5.41, 5.74) is 0.641. The first kappa shape index (κ1) is 16.9. The standard InChI is InChI=1S/C21H18FNO2/c1-24-17-11-9-16(10-12-17)14-25-21(15-23)13-5-4-7-19(21)18-6-2-3-8-20(18)22/h2-12H,13-14H2,1H3. The Labute approximate surface area is 146 Å². The lowest BCUT2D eigenvalue weighted by molar-refractivity contribution is 0.0292. The highest BCUT2D eigenvalue weighted by Crippen LogP contribution is 2.38. The van der Waals surface area contributed by atoms with Crippen LogP contribution < -0.4 is 4.74 Å². The van der Waals surface area contributed by atoms with Crippen molar-refractivity contribution in [3.8, 4) is 11.8 Å². The number of allylic oxidation sites excluding steroid dienone is 2. The van der Waals surface area contributed by atoms with Crippen molar-refractivity contribution in [2.24, 2.45) is 0 Å². The molecule has 0 amide bonds. The molecule has 0 spiro atoms. The molecule has 0 aromatic heterocycles. The van der Waals surface area contributed by atoms with E-state index in [1.54, 1.807) is 31.4 Å². The van der Waals surface area contributed by atoms with Gasteiger partial charge in [-0.05, 0) is 23.8 Å². The van der Waals surface area contributed by atoms with Gasteiger partial charge in [0.2, 0.25) is 0 Å². The van der Waals surface area contributed by atoms with E-state index in [4.69, 9.17) is 9.47 Å². The summed E-state index contributed by atoms with van der Waals surface area (Å²) >= 11 is 0. The van der Waals surface area contributed by atoms with Gasteiger partial charge >= 0.3 is 0 Å². The largest absolute Gasteiger partial charge is 0.497 e. The lowest BCUT2D eigenvalue weighted by atomic mass is 9.83. The van der Waals surface area contributed by atoms with E-state index in [0.29, 0.717) is 17.6 Å². The smallest absolute Gasteiger partial charge is 0.184 e. The van der Waals surface area contributed by atoms with Gasteiger partial charge in [0.25, 0.3) is 0 Å². The van der Waals surface area contributed by atoms with Gasteiger partial charge in [0.15, 0.2) is 5.60 Å². The third-order valence-corrected chi connectivity index (χ3v) is 4.23. The number of nitriles is 1. The van der Waals surface area contributed by atoms with Gasteiger partial charge in [-0.1, -0.05) is 48.6 Å². The van der Waals surface area contributed by atoms with E-state index in [9.17, 15) is 9.65 Å². The molecule has 3 nitrogen and oxygen atoms in total. The Bertz CT molecular complexity index is 849. The molecule has 0 saturated carbocycles. The molecule has 0 saturated heterocycles. The molecule has 1 unspecified atom stereocenters. The first-order valence-corrected chi connectivity index (χ1v) is 7.99. The second-order valence-corrected chi connectivity index (χ2v) is 5.77. The Kier molecular flexibility index (Phi) is 4.97. The zero-order valence-corrected chi connectivity index (χ0v) is 13.9. The molecule has 1 aliphatic rings. The van der Waals surface area contributed by atoms with Crippen LogP contribution >= 0.6 is 0 Å². The molecule has 2 aromatic carbocycles. The third kappa shape index (κ3) is 3.47. The molecule has 4 heteroatoms. The zero-order chi connectivity index (χ0) is 17.7. The van der Waals surface area contributed by atoms with E-state index >= 15 is 0 Å². The fourth-order valence-electron chi connectivity index (χ4n) is 2.83. The summed E-state index contributed by atoms with van der Waals surface area (Å²) in [7, 11) is 1.61. The van der Waals surface area contributed by atoms with Crippen molar-refractivity contribution in [2.75, 3.05) is 7.11 Å². The lowest BCUT2D eigenvalue weighted by Gasteiger charge is -2.31. The molecule has 0 fully saturated rings. The first-order chi connectivity index (χ1) is 12.2. The fourth-order valence-corrected chi connectivity index (χ4v) is 2.83. The molecule has 0 radical (unpaired) electrons. The van der Waals surface area contributed by atoms with Crippen LogP contribution in [0.2, 0.25) is 0 Å². The van der Waals surface area contributed by atoms with Crippen LogP contribution in [-0.4, -0.2) is 12.7 Å². The van der Waals surface area contributed by atoms with Gasteiger partial charge in [-0.3, -0.25) is 0 Å². The maximum absolute atomic E-state index is 14.3. The fraction of sp³-hybridized carbons (Fsp3) is 0.190. The molecule has 3 rings (SSSR count). The summed E-state index contributed by atoms with van der Waals surface area (Å²) in [6.45, 7) is 0.247. The van der Waals surface area contributed by atoms with Crippen molar-refractivity contribution in [3.63, 3.8) is 0 Å². The summed E-state index contributed by atoms with van der Waals surface area (Å²) in [5.74, 6) is 0.392. The molecule has 0 aliphatic heterocycles. The number of nitrogens with zero attached hydrogens (tertiary/aromatic N) is 1. The Morgan fingerprint density at radius 3 is 2.60 bits per heavy atom. The van der Waals surface area contributed by atoms with Crippen molar-refractivity contribution in [1.82, 2.24) is 0 Å². The van der Waals surface area contributed by atoms with E-state index in [2.05, 4.69) is 6.07 Å². The van der Waals surface area contributed by atoms with Crippen molar-refractivity contribution < 1.29 is 13.9 Å². The van der Waals surface area contributed by atoms with E-state index in [-0.39, 0.29) is 12.4 Å². The quantitative estimate of drug-likeness (QED) is 0.798. The number of ether oxygens (including phenoxy) is 2. The highest BCUT2D eigenvalue weighted by atomic mass is 19.1. The monoisotopic (exact) mass is 335 g/mol. The Hall–Kier alpha value is -2.90. The predicted octanol–water partition coefficient (Wildman–Crippen LogP) is 4.66. The second-order valence-electron chi connectivity index (χ2n) is 5.77. The minimum Gasteiger partial charge on any atom is -0.497 e. The van der Waals surface area contributed by atoms with Gasteiger partial charge in [-0.2, -0.15) is 5.26 Å². The first-order valence-electron chi connectivity index (χ1n) is 7.99. The number of hydrogen-bond acceptors (Lipinski definition) is 3. The van der Waals surface area contributed by atoms with Crippen LogP contribution in [0.4, 0.5) is 4.39 Å². The van der Waals surface area contributed by atoms with Gasteiger partial charge in [0, 0.05) is 17.6 Å². The second kappa shape index (κ2) is 7.33. The average molecular weight is 335 g/mol. The molecule has 1 aliphatic carbocycles. The topological polar surface area (TPSA) is 42.2 Å². The van der Waals surface area contributed by atoms with Gasteiger partial charge < -0.3 is 9.47 Å². The molecule has 0 heterocycles. The Morgan fingerprint density at radius 2 is 1.92 bits per heavy atom. The van der Waals surface area contributed by atoms with Crippen LogP contribution in [0.25, 0.3) is 5.57 Å². The molecule has 126 valence electrons. The van der Waals surface area contributed by atoms with Crippen LogP contribution in [0.3, 0.4) is 0 Å². The summed E-state index contributed by atoms with van der Waals surface area (Å²) in [6.07, 6.45) is 5.81.